The summed E-state index contributed by atoms with van der Waals surface area (Å²) in [5, 5.41) is 2.63. The molecule has 0 aliphatic rings. The maximum atomic E-state index is 11.6. The molecule has 0 aliphatic heterocycles. The third kappa shape index (κ3) is 4.09. The van der Waals surface area contributed by atoms with E-state index in [1.807, 2.05) is 6.92 Å². The van der Waals surface area contributed by atoms with Crippen LogP contribution in [-0.2, 0) is 14.6 Å². The number of amides is 1. The first kappa shape index (κ1) is 15.4. The minimum Gasteiger partial charge on any atom is -0.354 e. The molecule has 16 heavy (non-hydrogen) atoms. The zero-order valence-electron chi connectivity index (χ0n) is 10.4. The molecule has 0 bridgehead atoms. The van der Waals surface area contributed by atoms with Crippen molar-refractivity contribution in [1.82, 2.24) is 5.32 Å². The van der Waals surface area contributed by atoms with Crippen LogP contribution < -0.4 is 11.1 Å². The third-order valence-corrected chi connectivity index (χ3v) is 4.99. The molecule has 0 aromatic carbocycles. The van der Waals surface area contributed by atoms with Crippen LogP contribution in [0.3, 0.4) is 0 Å². The Labute approximate surface area is 97.7 Å². The fourth-order valence-corrected chi connectivity index (χ4v) is 1.37. The first-order valence-electron chi connectivity index (χ1n) is 5.33. The van der Waals surface area contributed by atoms with Gasteiger partial charge in [0, 0.05) is 25.3 Å². The number of rotatable bonds is 6. The van der Waals surface area contributed by atoms with Gasteiger partial charge in [-0.1, -0.05) is 6.92 Å². The van der Waals surface area contributed by atoms with Crippen molar-refractivity contribution >= 4 is 15.7 Å². The van der Waals surface area contributed by atoms with E-state index in [4.69, 9.17) is 5.73 Å². The number of carbonyl (C=O) groups is 1. The molecule has 5 nitrogen and oxygen atoms in total. The van der Waals surface area contributed by atoms with E-state index in [2.05, 4.69) is 5.32 Å². The number of nitrogens with one attached hydrogen (secondary N) is 1. The maximum absolute atomic E-state index is 11.6. The van der Waals surface area contributed by atoms with E-state index < -0.39 is 14.6 Å². The monoisotopic (exact) mass is 250 g/mol. The molecule has 0 fully saturated rings. The lowest BCUT2D eigenvalue weighted by Crippen LogP contribution is -2.46. The number of hydrogen-bond acceptors (Lipinski definition) is 4. The highest BCUT2D eigenvalue weighted by Gasteiger charge is 2.31. The molecular formula is C10H22N2O3S. The van der Waals surface area contributed by atoms with Gasteiger partial charge >= 0.3 is 0 Å². The summed E-state index contributed by atoms with van der Waals surface area (Å²) in [6.07, 6.45) is 1.82. The van der Waals surface area contributed by atoms with E-state index in [-0.39, 0.29) is 24.9 Å². The Morgan fingerprint density at radius 3 is 2.25 bits per heavy atom. The fraction of sp³-hybridized carbons (Fsp3) is 0.900. The van der Waals surface area contributed by atoms with Gasteiger partial charge in [0.05, 0.1) is 4.75 Å². The average molecular weight is 250 g/mol. The molecule has 1 unspecified atom stereocenters. The van der Waals surface area contributed by atoms with E-state index in [1.54, 1.807) is 13.8 Å². The normalized spacial score (nSPS) is 14.6. The molecule has 0 aliphatic carbocycles. The molecule has 0 saturated carbocycles. The van der Waals surface area contributed by atoms with Crippen molar-refractivity contribution < 1.29 is 13.2 Å². The Hall–Kier alpha value is -0.620. The Balaban J connectivity index is 4.42. The summed E-state index contributed by atoms with van der Waals surface area (Å²) in [5.74, 6) is -0.419. The summed E-state index contributed by atoms with van der Waals surface area (Å²) in [7, 11) is -3.18. The smallest absolute Gasteiger partial charge is 0.224 e. The molecule has 0 aromatic rings. The van der Waals surface area contributed by atoms with Gasteiger partial charge < -0.3 is 11.1 Å². The van der Waals surface area contributed by atoms with Gasteiger partial charge in [0.25, 0.3) is 0 Å². The van der Waals surface area contributed by atoms with E-state index in [0.29, 0.717) is 6.42 Å². The molecule has 0 heterocycles. The van der Waals surface area contributed by atoms with Crippen LogP contribution in [0.15, 0.2) is 0 Å². The first-order chi connectivity index (χ1) is 7.15. The Bertz CT molecular complexity index is 332. The second kappa shape index (κ2) is 5.63. The molecule has 1 atom stereocenters. The third-order valence-electron chi connectivity index (χ3n) is 2.84. The second-order valence-corrected chi connectivity index (χ2v) is 7.24. The predicted octanol–water partition coefficient (Wildman–Crippen LogP) is -0.0893. The quantitative estimate of drug-likeness (QED) is 0.689. The number of sulfone groups is 1. The summed E-state index contributed by atoms with van der Waals surface area (Å²) < 4.78 is 21.8. The lowest BCUT2D eigenvalue weighted by molar-refractivity contribution is -0.124. The van der Waals surface area contributed by atoms with Crippen LogP contribution in [0.4, 0.5) is 0 Å². The van der Waals surface area contributed by atoms with Crippen LogP contribution in [0.5, 0.6) is 0 Å². The zero-order valence-corrected chi connectivity index (χ0v) is 11.2. The number of nitrogens with two attached hydrogens (primary N) is 1. The highest BCUT2D eigenvalue weighted by Crippen LogP contribution is 2.13. The number of carbonyl (C=O) groups excluding carboxylic acids is 1. The molecule has 6 heteroatoms. The molecule has 0 aromatic heterocycles. The summed E-state index contributed by atoms with van der Waals surface area (Å²) in [6.45, 7) is 5.44. The van der Waals surface area contributed by atoms with Crippen LogP contribution in [0.1, 0.15) is 27.2 Å². The molecule has 1 amide bonds. The predicted molar refractivity (Wildman–Crippen MR) is 64.8 cm³/mol. The Morgan fingerprint density at radius 1 is 1.44 bits per heavy atom. The molecule has 96 valence electrons. The minimum absolute atomic E-state index is 0.112. The fourth-order valence-electron chi connectivity index (χ4n) is 1.03. The van der Waals surface area contributed by atoms with Crippen molar-refractivity contribution in [1.29, 1.82) is 0 Å². The first-order valence-corrected chi connectivity index (χ1v) is 7.22. The summed E-state index contributed by atoms with van der Waals surface area (Å²) >= 11 is 0. The average Bonchev–Trinajstić information content (AvgIpc) is 2.15. The van der Waals surface area contributed by atoms with Gasteiger partial charge in [0.2, 0.25) is 5.91 Å². The van der Waals surface area contributed by atoms with Gasteiger partial charge in [0.15, 0.2) is 9.84 Å². The van der Waals surface area contributed by atoms with Crippen molar-refractivity contribution in [2.45, 2.75) is 31.9 Å². The zero-order chi connectivity index (χ0) is 13.0. The molecule has 0 rings (SSSR count). The van der Waals surface area contributed by atoms with Crippen molar-refractivity contribution in [3.05, 3.63) is 0 Å². The van der Waals surface area contributed by atoms with Crippen LogP contribution in [0.25, 0.3) is 0 Å². The van der Waals surface area contributed by atoms with E-state index in [9.17, 15) is 13.2 Å². The standard InChI is InChI=1S/C10H22N2O3S/c1-5-8(6-11)9(13)12-7-10(2,3)16(4,14)15/h8H,5-7,11H2,1-4H3,(H,12,13). The molecular weight excluding hydrogens is 228 g/mol. The van der Waals surface area contributed by atoms with Crippen LogP contribution in [0, 0.1) is 5.92 Å². The molecule has 0 saturated heterocycles. The highest BCUT2D eigenvalue weighted by atomic mass is 32.2. The second-order valence-electron chi connectivity index (χ2n) is 4.59. The topological polar surface area (TPSA) is 89.3 Å². The van der Waals surface area contributed by atoms with Crippen molar-refractivity contribution in [3.8, 4) is 0 Å². The number of hydrogen-bond donors (Lipinski definition) is 2. The van der Waals surface area contributed by atoms with Gasteiger partial charge in [-0.2, -0.15) is 0 Å². The van der Waals surface area contributed by atoms with E-state index >= 15 is 0 Å². The summed E-state index contributed by atoms with van der Waals surface area (Å²) in [4.78, 5) is 11.6. The summed E-state index contributed by atoms with van der Waals surface area (Å²) in [5.41, 5.74) is 5.43. The van der Waals surface area contributed by atoms with E-state index in [1.165, 1.54) is 6.26 Å². The Kier molecular flexibility index (Phi) is 5.41. The van der Waals surface area contributed by atoms with Crippen LogP contribution >= 0.6 is 0 Å². The van der Waals surface area contributed by atoms with Crippen molar-refractivity contribution in [3.63, 3.8) is 0 Å². The molecule has 3 N–H and O–H groups in total. The van der Waals surface area contributed by atoms with E-state index in [0.717, 1.165) is 0 Å². The summed E-state index contributed by atoms with van der Waals surface area (Å²) in [6, 6.07) is 0. The Morgan fingerprint density at radius 2 is 1.94 bits per heavy atom. The lowest BCUT2D eigenvalue weighted by atomic mass is 10.1. The van der Waals surface area contributed by atoms with Crippen LogP contribution in [-0.4, -0.2) is 38.4 Å². The lowest BCUT2D eigenvalue weighted by Gasteiger charge is -2.24. The molecule has 0 radical (unpaired) electrons. The van der Waals surface area contributed by atoms with Gasteiger partial charge in [-0.25, -0.2) is 8.42 Å². The van der Waals surface area contributed by atoms with Crippen molar-refractivity contribution in [2.24, 2.45) is 11.7 Å². The SMILES string of the molecule is CCC(CN)C(=O)NCC(C)(C)S(C)(=O)=O. The van der Waals surface area contributed by atoms with Crippen molar-refractivity contribution in [2.75, 3.05) is 19.3 Å². The highest BCUT2D eigenvalue weighted by molar-refractivity contribution is 7.92. The van der Waals surface area contributed by atoms with Gasteiger partial charge in [-0.05, 0) is 20.3 Å². The van der Waals surface area contributed by atoms with Gasteiger partial charge in [-0.3, -0.25) is 4.79 Å². The largest absolute Gasteiger partial charge is 0.354 e. The molecule has 0 spiro atoms. The van der Waals surface area contributed by atoms with Gasteiger partial charge in [-0.15, -0.1) is 0 Å². The van der Waals surface area contributed by atoms with Gasteiger partial charge in [0.1, 0.15) is 0 Å². The maximum Gasteiger partial charge on any atom is 0.224 e. The minimum atomic E-state index is -3.18. The van der Waals surface area contributed by atoms with Crippen LogP contribution in [0.2, 0.25) is 0 Å².